The normalized spacial score (nSPS) is 11.5. The van der Waals surface area contributed by atoms with E-state index in [1.165, 1.54) is 32.7 Å². The monoisotopic (exact) mass is 230 g/mol. The maximum atomic E-state index is 11.7. The number of carbonyl (C=O) groups is 1. The first-order valence-corrected chi connectivity index (χ1v) is 5.23. The van der Waals surface area contributed by atoms with E-state index in [0.717, 1.165) is 4.88 Å². The summed E-state index contributed by atoms with van der Waals surface area (Å²) in [6.07, 6.45) is 0. The number of thiophene rings is 1. The van der Waals surface area contributed by atoms with Crippen LogP contribution in [0.3, 0.4) is 0 Å². The molecule has 1 heterocycles. The van der Waals surface area contributed by atoms with Crippen molar-refractivity contribution in [2.75, 3.05) is 21.3 Å². The second-order valence-electron chi connectivity index (χ2n) is 2.91. The Kier molecular flexibility index (Phi) is 3.84. The maximum Gasteiger partial charge on any atom is 0.371 e. The van der Waals surface area contributed by atoms with Crippen LogP contribution in [0.2, 0.25) is 0 Å². The van der Waals surface area contributed by atoms with Crippen molar-refractivity contribution in [3.63, 3.8) is 0 Å². The molecule has 0 spiro atoms. The van der Waals surface area contributed by atoms with E-state index in [-0.39, 0.29) is 0 Å². The minimum atomic E-state index is -1.45. The number of methoxy groups -OCH3 is 3. The summed E-state index contributed by atoms with van der Waals surface area (Å²) >= 11 is 1.52. The third-order valence-electron chi connectivity index (χ3n) is 2.24. The molecule has 0 radical (unpaired) electrons. The Morgan fingerprint density at radius 2 is 1.93 bits per heavy atom. The average Bonchev–Trinajstić information content (AvgIpc) is 2.68. The highest BCUT2D eigenvalue weighted by Crippen LogP contribution is 2.32. The summed E-state index contributed by atoms with van der Waals surface area (Å²) in [5.74, 6) is -2.01. The Labute approximate surface area is 92.8 Å². The van der Waals surface area contributed by atoms with Gasteiger partial charge >= 0.3 is 5.97 Å². The molecule has 0 unspecified atom stereocenters. The molecule has 0 saturated heterocycles. The summed E-state index contributed by atoms with van der Waals surface area (Å²) in [4.78, 5) is 12.6. The number of ether oxygens (including phenoxy) is 3. The van der Waals surface area contributed by atoms with E-state index >= 15 is 0 Å². The van der Waals surface area contributed by atoms with Gasteiger partial charge < -0.3 is 14.2 Å². The quantitative estimate of drug-likeness (QED) is 0.583. The Morgan fingerprint density at radius 3 is 2.27 bits per heavy atom. The molecule has 1 rings (SSSR count). The molecule has 0 fully saturated rings. The molecule has 4 nitrogen and oxygen atoms in total. The minimum absolute atomic E-state index is 0.561. The lowest BCUT2D eigenvalue weighted by Gasteiger charge is -2.27. The zero-order valence-corrected chi connectivity index (χ0v) is 10.0. The van der Waals surface area contributed by atoms with Gasteiger partial charge in [0, 0.05) is 24.7 Å². The number of esters is 1. The van der Waals surface area contributed by atoms with Crippen molar-refractivity contribution in [2.24, 2.45) is 0 Å². The molecule has 0 aliphatic rings. The van der Waals surface area contributed by atoms with Crippen molar-refractivity contribution in [1.82, 2.24) is 0 Å². The van der Waals surface area contributed by atoms with Gasteiger partial charge in [0.1, 0.15) is 0 Å². The van der Waals surface area contributed by atoms with E-state index in [2.05, 4.69) is 0 Å². The van der Waals surface area contributed by atoms with Crippen LogP contribution >= 0.6 is 11.3 Å². The molecule has 0 N–H and O–H groups in total. The fourth-order valence-corrected chi connectivity index (χ4v) is 2.18. The third kappa shape index (κ3) is 1.90. The third-order valence-corrected chi connectivity index (χ3v) is 3.09. The summed E-state index contributed by atoms with van der Waals surface area (Å²) in [7, 11) is 4.13. The maximum absolute atomic E-state index is 11.7. The van der Waals surface area contributed by atoms with E-state index in [1.807, 2.05) is 12.3 Å². The molecule has 84 valence electrons. The summed E-state index contributed by atoms with van der Waals surface area (Å²) in [6.45, 7) is 1.90. The smallest absolute Gasteiger partial charge is 0.371 e. The van der Waals surface area contributed by atoms with E-state index in [0.29, 0.717) is 5.56 Å². The minimum Gasteiger partial charge on any atom is -0.465 e. The molecule has 0 aliphatic carbocycles. The van der Waals surface area contributed by atoms with Crippen molar-refractivity contribution in [3.8, 4) is 0 Å². The molecule has 1 aromatic heterocycles. The fourth-order valence-electron chi connectivity index (χ4n) is 1.44. The Morgan fingerprint density at radius 1 is 1.33 bits per heavy atom. The molecular formula is C10H14O4S. The van der Waals surface area contributed by atoms with Crippen LogP contribution in [0.25, 0.3) is 0 Å². The van der Waals surface area contributed by atoms with Crippen molar-refractivity contribution in [3.05, 3.63) is 21.9 Å². The summed E-state index contributed by atoms with van der Waals surface area (Å²) < 4.78 is 15.0. The lowest BCUT2D eigenvalue weighted by atomic mass is 10.1. The summed E-state index contributed by atoms with van der Waals surface area (Å²) in [6, 6.07) is 1.80. The van der Waals surface area contributed by atoms with Crippen LogP contribution in [0.4, 0.5) is 0 Å². The fraction of sp³-hybridized carbons (Fsp3) is 0.500. The predicted molar refractivity (Wildman–Crippen MR) is 56.8 cm³/mol. The van der Waals surface area contributed by atoms with Crippen LogP contribution in [0, 0.1) is 6.92 Å². The lowest BCUT2D eigenvalue weighted by molar-refractivity contribution is -0.233. The van der Waals surface area contributed by atoms with Crippen LogP contribution in [0.5, 0.6) is 0 Å². The van der Waals surface area contributed by atoms with Gasteiger partial charge in [0.2, 0.25) is 0 Å². The second kappa shape index (κ2) is 4.74. The van der Waals surface area contributed by atoms with Crippen molar-refractivity contribution < 1.29 is 19.0 Å². The molecule has 5 heteroatoms. The highest BCUT2D eigenvalue weighted by Gasteiger charge is 2.44. The van der Waals surface area contributed by atoms with Crippen LogP contribution in [-0.2, 0) is 24.8 Å². The average molecular weight is 230 g/mol. The largest absolute Gasteiger partial charge is 0.465 e. The lowest BCUT2D eigenvalue weighted by Crippen LogP contribution is -2.40. The van der Waals surface area contributed by atoms with Crippen molar-refractivity contribution in [1.29, 1.82) is 0 Å². The number of aryl methyl sites for hydroxylation is 1. The van der Waals surface area contributed by atoms with Gasteiger partial charge in [0.05, 0.1) is 7.11 Å². The topological polar surface area (TPSA) is 44.8 Å². The van der Waals surface area contributed by atoms with E-state index in [9.17, 15) is 4.79 Å². The Balaban J connectivity index is 3.23. The van der Waals surface area contributed by atoms with Gasteiger partial charge in [-0.3, -0.25) is 0 Å². The standard InChI is InChI=1S/C10H14O4S/c1-7-8(5-6-15-7)10(13-3,14-4)9(11)12-2/h5-6H,1-4H3. The second-order valence-corrected chi connectivity index (χ2v) is 4.03. The predicted octanol–water partition coefficient (Wildman–Crippen LogP) is 1.68. The highest BCUT2D eigenvalue weighted by molar-refractivity contribution is 7.10. The zero-order valence-electron chi connectivity index (χ0n) is 9.20. The number of rotatable bonds is 4. The van der Waals surface area contributed by atoms with Crippen LogP contribution in [0.15, 0.2) is 11.4 Å². The molecular weight excluding hydrogens is 216 g/mol. The summed E-state index contributed by atoms with van der Waals surface area (Å²) in [5, 5.41) is 1.88. The molecule has 0 aliphatic heterocycles. The molecule has 15 heavy (non-hydrogen) atoms. The van der Waals surface area contributed by atoms with Crippen molar-refractivity contribution in [2.45, 2.75) is 12.7 Å². The zero-order chi connectivity index (χ0) is 11.5. The van der Waals surface area contributed by atoms with E-state index < -0.39 is 11.8 Å². The van der Waals surface area contributed by atoms with Gasteiger partial charge in [-0.05, 0) is 18.4 Å². The van der Waals surface area contributed by atoms with Crippen molar-refractivity contribution >= 4 is 17.3 Å². The van der Waals surface area contributed by atoms with Crippen LogP contribution < -0.4 is 0 Å². The molecule has 0 bridgehead atoms. The van der Waals surface area contributed by atoms with E-state index in [1.54, 1.807) is 6.07 Å². The van der Waals surface area contributed by atoms with E-state index in [4.69, 9.17) is 14.2 Å². The highest BCUT2D eigenvalue weighted by atomic mass is 32.1. The Hall–Kier alpha value is -0.910. The number of hydrogen-bond acceptors (Lipinski definition) is 5. The van der Waals surface area contributed by atoms with Gasteiger partial charge in [-0.15, -0.1) is 11.3 Å². The molecule has 0 saturated carbocycles. The van der Waals surface area contributed by atoms with Gasteiger partial charge in [0.15, 0.2) is 0 Å². The van der Waals surface area contributed by atoms with Crippen LogP contribution in [0.1, 0.15) is 10.4 Å². The SMILES string of the molecule is COC(=O)C(OC)(OC)c1ccsc1C. The molecule has 0 atom stereocenters. The molecule has 0 amide bonds. The first-order chi connectivity index (χ1) is 7.12. The van der Waals surface area contributed by atoms with Gasteiger partial charge in [0.25, 0.3) is 5.79 Å². The molecule has 1 aromatic rings. The van der Waals surface area contributed by atoms with Gasteiger partial charge in [-0.25, -0.2) is 4.79 Å². The number of carbonyl (C=O) groups excluding carboxylic acids is 1. The first-order valence-electron chi connectivity index (χ1n) is 4.35. The van der Waals surface area contributed by atoms with Gasteiger partial charge in [-0.1, -0.05) is 0 Å². The Bertz CT molecular complexity index is 341. The first kappa shape index (κ1) is 12.2. The summed E-state index contributed by atoms with van der Waals surface area (Å²) in [5.41, 5.74) is 0.685. The van der Waals surface area contributed by atoms with Gasteiger partial charge in [-0.2, -0.15) is 0 Å². The number of hydrogen-bond donors (Lipinski definition) is 0. The van der Waals surface area contributed by atoms with Crippen LogP contribution in [-0.4, -0.2) is 27.3 Å². The molecule has 0 aromatic carbocycles.